The van der Waals surface area contributed by atoms with Crippen molar-refractivity contribution in [1.82, 2.24) is 9.97 Å². The van der Waals surface area contributed by atoms with Gasteiger partial charge in [-0.15, -0.1) is 0 Å². The summed E-state index contributed by atoms with van der Waals surface area (Å²) >= 11 is 0. The van der Waals surface area contributed by atoms with Crippen LogP contribution in [-0.4, -0.2) is 21.5 Å². The number of hydrogen-bond acceptors (Lipinski definition) is 4. The Hall–Kier alpha value is -2.50. The average Bonchev–Trinajstić information content (AvgIpc) is 2.42. The predicted molar refractivity (Wildman–Crippen MR) is 61.7 cm³/mol. The molecular weight excluding hydrogens is 254 g/mol. The second-order valence-corrected chi connectivity index (χ2v) is 3.72. The summed E-state index contributed by atoms with van der Waals surface area (Å²) in [5, 5.41) is 0. The number of nitrogens with zero attached hydrogens (tertiary/aromatic N) is 2. The Morgan fingerprint density at radius 1 is 1.00 bits per heavy atom. The van der Waals surface area contributed by atoms with E-state index in [0.717, 1.165) is 18.2 Å². The first kappa shape index (κ1) is 12.9. The van der Waals surface area contributed by atoms with E-state index in [-0.39, 0.29) is 11.4 Å². The van der Waals surface area contributed by atoms with Gasteiger partial charge >= 0.3 is 0 Å². The summed E-state index contributed by atoms with van der Waals surface area (Å²) in [5.41, 5.74) is -0.0665. The zero-order valence-electron chi connectivity index (χ0n) is 9.64. The molecule has 0 unspecified atom stereocenters. The molecule has 6 heteroatoms. The van der Waals surface area contributed by atoms with Crippen LogP contribution in [0.25, 0.3) is 0 Å². The highest BCUT2D eigenvalue weighted by Gasteiger charge is 2.16. The van der Waals surface area contributed by atoms with Gasteiger partial charge in [-0.05, 0) is 24.3 Å². The van der Waals surface area contributed by atoms with Crippen molar-refractivity contribution in [2.24, 2.45) is 0 Å². The van der Waals surface area contributed by atoms with Gasteiger partial charge in [0.1, 0.15) is 0 Å². The van der Waals surface area contributed by atoms with Crippen LogP contribution in [-0.2, 0) is 0 Å². The lowest BCUT2D eigenvalue weighted by atomic mass is 10.1. The summed E-state index contributed by atoms with van der Waals surface area (Å²) in [6, 6.07) is 4.26. The van der Waals surface area contributed by atoms with Crippen molar-refractivity contribution in [2.45, 2.75) is 6.42 Å². The van der Waals surface area contributed by atoms with Gasteiger partial charge in [0, 0.05) is 18.0 Å². The molecule has 1 aromatic heterocycles. The summed E-state index contributed by atoms with van der Waals surface area (Å²) in [4.78, 5) is 30.8. The van der Waals surface area contributed by atoms with Gasteiger partial charge < -0.3 is 0 Å². The third-order valence-corrected chi connectivity index (χ3v) is 2.38. The third-order valence-electron chi connectivity index (χ3n) is 2.38. The van der Waals surface area contributed by atoms with Gasteiger partial charge in [-0.3, -0.25) is 9.59 Å². The van der Waals surface area contributed by atoms with Crippen LogP contribution in [0.1, 0.15) is 27.4 Å². The number of carbonyl (C=O) groups is 2. The first-order valence-corrected chi connectivity index (χ1v) is 5.36. The number of benzene rings is 1. The van der Waals surface area contributed by atoms with E-state index >= 15 is 0 Å². The minimum atomic E-state index is -1.13. The predicted octanol–water partition coefficient (Wildman–Crippen LogP) is 2.21. The molecule has 0 radical (unpaired) electrons. The maximum Gasteiger partial charge on any atom is 0.207 e. The van der Waals surface area contributed by atoms with E-state index in [1.165, 1.54) is 18.5 Å². The zero-order valence-corrected chi connectivity index (χ0v) is 9.64. The molecule has 19 heavy (non-hydrogen) atoms. The molecule has 0 saturated carbocycles. The number of aromatic nitrogens is 2. The largest absolute Gasteiger partial charge is 0.294 e. The smallest absolute Gasteiger partial charge is 0.207 e. The molecule has 0 bridgehead atoms. The third kappa shape index (κ3) is 3.04. The fraction of sp³-hybridized carbons (Fsp3) is 0.0769. The molecule has 0 amide bonds. The van der Waals surface area contributed by atoms with Crippen LogP contribution in [0.2, 0.25) is 0 Å². The number of ketones is 2. The fourth-order valence-electron chi connectivity index (χ4n) is 1.44. The van der Waals surface area contributed by atoms with Crippen molar-refractivity contribution in [1.29, 1.82) is 0 Å². The molecule has 2 aromatic rings. The van der Waals surface area contributed by atoms with Crippen LogP contribution in [0.5, 0.6) is 0 Å². The molecule has 1 heterocycles. The summed E-state index contributed by atoms with van der Waals surface area (Å²) in [5.74, 6) is -3.45. The second-order valence-electron chi connectivity index (χ2n) is 3.72. The van der Waals surface area contributed by atoms with Crippen molar-refractivity contribution in [3.8, 4) is 0 Å². The summed E-state index contributed by atoms with van der Waals surface area (Å²) in [6.45, 7) is 0. The van der Waals surface area contributed by atoms with Gasteiger partial charge in [0.15, 0.2) is 23.2 Å². The molecular formula is C13H8F2N2O2. The van der Waals surface area contributed by atoms with Crippen molar-refractivity contribution in [3.05, 3.63) is 59.7 Å². The van der Waals surface area contributed by atoms with Gasteiger partial charge in [-0.25, -0.2) is 18.7 Å². The first-order chi connectivity index (χ1) is 9.08. The Morgan fingerprint density at radius 2 is 1.68 bits per heavy atom. The van der Waals surface area contributed by atoms with Crippen LogP contribution >= 0.6 is 0 Å². The molecule has 0 spiro atoms. The molecule has 0 fully saturated rings. The lowest BCUT2D eigenvalue weighted by Gasteiger charge is -2.01. The van der Waals surface area contributed by atoms with E-state index in [4.69, 9.17) is 0 Å². The van der Waals surface area contributed by atoms with Crippen molar-refractivity contribution in [2.75, 3.05) is 0 Å². The Labute approximate surface area is 107 Å². The molecule has 0 N–H and O–H groups in total. The van der Waals surface area contributed by atoms with Crippen LogP contribution < -0.4 is 0 Å². The number of hydrogen-bond donors (Lipinski definition) is 0. The molecule has 96 valence electrons. The Morgan fingerprint density at radius 3 is 2.32 bits per heavy atom. The summed E-state index contributed by atoms with van der Waals surface area (Å²) in [6.07, 6.45) is 2.26. The van der Waals surface area contributed by atoms with Crippen LogP contribution in [0.4, 0.5) is 8.78 Å². The highest BCUT2D eigenvalue weighted by atomic mass is 19.2. The highest BCUT2D eigenvalue weighted by molar-refractivity contribution is 6.12. The lowest BCUT2D eigenvalue weighted by Crippen LogP contribution is -2.11. The fourth-order valence-corrected chi connectivity index (χ4v) is 1.44. The number of Topliss-reactive ketones (excluding diaryl/α,β-unsaturated/α-hetero) is 2. The van der Waals surface area contributed by atoms with Gasteiger partial charge in [0.2, 0.25) is 5.78 Å². The topological polar surface area (TPSA) is 59.9 Å². The normalized spacial score (nSPS) is 10.2. The second kappa shape index (κ2) is 5.43. The minimum Gasteiger partial charge on any atom is -0.294 e. The molecule has 1 aromatic carbocycles. The van der Waals surface area contributed by atoms with E-state index in [1.807, 2.05) is 0 Å². The highest BCUT2D eigenvalue weighted by Crippen LogP contribution is 2.11. The average molecular weight is 262 g/mol. The van der Waals surface area contributed by atoms with Crippen LogP contribution in [0.15, 0.2) is 36.7 Å². The van der Waals surface area contributed by atoms with Crippen molar-refractivity contribution in [3.63, 3.8) is 0 Å². The Balaban J connectivity index is 2.13. The maximum absolute atomic E-state index is 13.0. The molecule has 4 nitrogen and oxygen atoms in total. The monoisotopic (exact) mass is 262 g/mol. The first-order valence-electron chi connectivity index (χ1n) is 5.36. The quantitative estimate of drug-likeness (QED) is 0.626. The van der Waals surface area contributed by atoms with E-state index < -0.39 is 29.6 Å². The van der Waals surface area contributed by atoms with Crippen molar-refractivity contribution >= 4 is 11.6 Å². The van der Waals surface area contributed by atoms with E-state index in [1.54, 1.807) is 0 Å². The van der Waals surface area contributed by atoms with Gasteiger partial charge in [-0.1, -0.05) is 0 Å². The summed E-state index contributed by atoms with van der Waals surface area (Å²) in [7, 11) is 0. The standard InChI is InChI=1S/C13H8F2N2O2/c14-9-3-2-8(6-10(9)15)11(18)7-12(19)13-16-4-1-5-17-13/h1-6H,7H2. The minimum absolute atomic E-state index is 0.0665. The summed E-state index contributed by atoms with van der Waals surface area (Å²) < 4.78 is 25.7. The molecule has 2 rings (SSSR count). The van der Waals surface area contributed by atoms with Crippen molar-refractivity contribution < 1.29 is 18.4 Å². The zero-order chi connectivity index (χ0) is 13.8. The molecule has 0 aliphatic heterocycles. The van der Waals surface area contributed by atoms with Crippen LogP contribution in [0.3, 0.4) is 0 Å². The van der Waals surface area contributed by atoms with Gasteiger partial charge in [0.05, 0.1) is 6.42 Å². The van der Waals surface area contributed by atoms with Gasteiger partial charge in [-0.2, -0.15) is 0 Å². The number of rotatable bonds is 4. The molecule has 0 saturated heterocycles. The lowest BCUT2D eigenvalue weighted by molar-refractivity contribution is 0.0888. The molecule has 0 aliphatic carbocycles. The van der Waals surface area contributed by atoms with E-state index in [9.17, 15) is 18.4 Å². The van der Waals surface area contributed by atoms with Gasteiger partial charge in [0.25, 0.3) is 0 Å². The SMILES string of the molecule is O=C(CC(=O)c1ncccn1)c1ccc(F)c(F)c1. The number of carbonyl (C=O) groups excluding carboxylic acids is 2. The molecule has 0 aliphatic rings. The maximum atomic E-state index is 13.0. The Kier molecular flexibility index (Phi) is 3.70. The van der Waals surface area contributed by atoms with E-state index in [2.05, 4.69) is 9.97 Å². The molecule has 0 atom stereocenters. The number of halogens is 2. The Bertz CT molecular complexity index is 630. The van der Waals surface area contributed by atoms with E-state index in [0.29, 0.717) is 0 Å². The van der Waals surface area contributed by atoms with Crippen LogP contribution in [0, 0.1) is 11.6 Å².